The Labute approximate surface area is 165 Å². The number of aliphatic hydroxyl groups is 1. The summed E-state index contributed by atoms with van der Waals surface area (Å²) < 4.78 is 5.77. The van der Waals surface area contributed by atoms with Crippen LogP contribution in [-0.2, 0) is 11.3 Å². The molecule has 0 aliphatic carbocycles. The number of carbonyl (C=O) groups excluding carboxylic acids is 1. The molecule has 5 nitrogen and oxygen atoms in total. The highest BCUT2D eigenvalue weighted by molar-refractivity contribution is 6.30. The molecule has 0 aliphatic rings. The molecule has 0 radical (unpaired) electrons. The Balaban J connectivity index is 1.76. The number of rotatable bonds is 9. The van der Waals surface area contributed by atoms with E-state index in [1.807, 2.05) is 55.3 Å². The predicted octanol–water partition coefficient (Wildman–Crippen LogP) is 3.27. The van der Waals surface area contributed by atoms with Gasteiger partial charge in [0, 0.05) is 30.7 Å². The molecule has 2 rings (SSSR count). The number of carbonyl (C=O) groups is 1. The largest absolute Gasteiger partial charge is 0.389 e. The molecule has 2 aromatic rings. The number of hydrogen-bond donors (Lipinski definition) is 2. The van der Waals surface area contributed by atoms with Gasteiger partial charge in [0.1, 0.15) is 0 Å². The van der Waals surface area contributed by atoms with Crippen LogP contribution in [0.4, 0.5) is 0 Å². The highest BCUT2D eigenvalue weighted by Gasteiger charge is 2.13. The van der Waals surface area contributed by atoms with E-state index < -0.39 is 6.10 Å². The first-order valence-electron chi connectivity index (χ1n) is 8.93. The van der Waals surface area contributed by atoms with E-state index in [0.29, 0.717) is 23.7 Å². The van der Waals surface area contributed by atoms with E-state index in [1.54, 1.807) is 19.2 Å². The van der Waals surface area contributed by atoms with Gasteiger partial charge in [-0.05, 0) is 49.4 Å². The third kappa shape index (κ3) is 6.96. The second-order valence-corrected chi connectivity index (χ2v) is 7.09. The number of nitrogens with one attached hydrogen (secondary N) is 1. The molecule has 0 fully saturated rings. The number of ether oxygens (including phenoxy) is 1. The summed E-state index contributed by atoms with van der Waals surface area (Å²) in [5, 5.41) is 13.5. The number of benzene rings is 2. The van der Waals surface area contributed by atoms with Crippen LogP contribution in [0.3, 0.4) is 0 Å². The first-order chi connectivity index (χ1) is 12.9. The lowest BCUT2D eigenvalue weighted by molar-refractivity contribution is -0.0138. The maximum absolute atomic E-state index is 11.6. The molecule has 2 N–H and O–H groups in total. The van der Waals surface area contributed by atoms with E-state index in [4.69, 9.17) is 16.3 Å². The molecule has 146 valence electrons. The first kappa shape index (κ1) is 21.4. The van der Waals surface area contributed by atoms with Crippen LogP contribution in [0.5, 0.6) is 0 Å². The summed E-state index contributed by atoms with van der Waals surface area (Å²) in [7, 11) is 3.56. The summed E-state index contributed by atoms with van der Waals surface area (Å²) in [6.07, 6.45) is -0.700. The second-order valence-electron chi connectivity index (χ2n) is 6.65. The van der Waals surface area contributed by atoms with E-state index in [0.717, 1.165) is 11.1 Å². The zero-order valence-electron chi connectivity index (χ0n) is 16.0. The van der Waals surface area contributed by atoms with Crippen LogP contribution in [0.15, 0.2) is 48.5 Å². The van der Waals surface area contributed by atoms with E-state index >= 15 is 0 Å². The number of nitrogens with zero attached hydrogens (tertiary/aromatic N) is 1. The Morgan fingerprint density at radius 2 is 1.81 bits per heavy atom. The molecular weight excluding hydrogens is 364 g/mol. The minimum atomic E-state index is -0.588. The lowest BCUT2D eigenvalue weighted by atomic mass is 10.1. The van der Waals surface area contributed by atoms with Gasteiger partial charge in [-0.3, -0.25) is 9.69 Å². The SMILES string of the molecule is CNC(=O)c1ccc(CN(C)CC(O)COC(C)c2ccc(Cl)cc2)cc1. The van der Waals surface area contributed by atoms with Crippen molar-refractivity contribution in [1.82, 2.24) is 10.2 Å². The van der Waals surface area contributed by atoms with Gasteiger partial charge in [0.15, 0.2) is 0 Å². The molecule has 6 heteroatoms. The topological polar surface area (TPSA) is 61.8 Å². The zero-order chi connectivity index (χ0) is 19.8. The zero-order valence-corrected chi connectivity index (χ0v) is 16.7. The van der Waals surface area contributed by atoms with Crippen molar-refractivity contribution < 1.29 is 14.6 Å². The van der Waals surface area contributed by atoms with Gasteiger partial charge in [0.05, 0.1) is 18.8 Å². The van der Waals surface area contributed by atoms with Crippen LogP contribution in [0.2, 0.25) is 5.02 Å². The molecule has 27 heavy (non-hydrogen) atoms. The lowest BCUT2D eigenvalue weighted by Crippen LogP contribution is -2.32. The van der Waals surface area contributed by atoms with Crippen LogP contribution < -0.4 is 5.32 Å². The fraction of sp³-hybridized carbons (Fsp3) is 0.381. The van der Waals surface area contributed by atoms with Crippen molar-refractivity contribution in [3.63, 3.8) is 0 Å². The maximum Gasteiger partial charge on any atom is 0.251 e. The van der Waals surface area contributed by atoms with Gasteiger partial charge in [-0.2, -0.15) is 0 Å². The Hall–Kier alpha value is -1.92. The first-order valence-corrected chi connectivity index (χ1v) is 9.31. The average Bonchev–Trinajstić information content (AvgIpc) is 2.66. The molecule has 2 atom stereocenters. The quantitative estimate of drug-likeness (QED) is 0.689. The van der Waals surface area contributed by atoms with Gasteiger partial charge < -0.3 is 15.2 Å². The normalized spacial score (nSPS) is 13.4. The van der Waals surface area contributed by atoms with Crippen molar-refractivity contribution in [1.29, 1.82) is 0 Å². The molecular formula is C21H27ClN2O3. The molecule has 2 aromatic carbocycles. The Bertz CT molecular complexity index is 719. The van der Waals surface area contributed by atoms with Crippen LogP contribution in [0, 0.1) is 0 Å². The number of aliphatic hydroxyl groups excluding tert-OH is 1. The number of amides is 1. The molecule has 2 unspecified atom stereocenters. The third-order valence-electron chi connectivity index (χ3n) is 4.30. The molecule has 0 spiro atoms. The average molecular weight is 391 g/mol. The summed E-state index contributed by atoms with van der Waals surface area (Å²) in [5.41, 5.74) is 2.73. The van der Waals surface area contributed by atoms with Crippen LogP contribution in [0.1, 0.15) is 34.5 Å². The molecule has 0 heterocycles. The molecule has 1 amide bonds. The lowest BCUT2D eigenvalue weighted by Gasteiger charge is -2.22. The standard InChI is InChI=1S/C21H27ClN2O3/c1-15(17-8-10-19(22)11-9-17)27-14-20(25)13-24(3)12-16-4-6-18(7-5-16)21(26)23-2/h4-11,15,20,25H,12-14H2,1-3H3,(H,23,26). The van der Waals surface area contributed by atoms with Gasteiger partial charge in [-0.15, -0.1) is 0 Å². The highest BCUT2D eigenvalue weighted by Crippen LogP contribution is 2.19. The van der Waals surface area contributed by atoms with Crippen molar-refractivity contribution in [3.05, 3.63) is 70.2 Å². The Morgan fingerprint density at radius 1 is 1.19 bits per heavy atom. The fourth-order valence-electron chi connectivity index (χ4n) is 2.78. The van der Waals surface area contributed by atoms with E-state index in [-0.39, 0.29) is 18.6 Å². The minimum absolute atomic E-state index is 0.0997. The second kappa shape index (κ2) is 10.4. The molecule has 0 saturated carbocycles. The van der Waals surface area contributed by atoms with Crippen molar-refractivity contribution >= 4 is 17.5 Å². The smallest absolute Gasteiger partial charge is 0.251 e. The molecule has 0 saturated heterocycles. The van der Waals surface area contributed by atoms with Gasteiger partial charge in [0.2, 0.25) is 0 Å². The predicted molar refractivity (Wildman–Crippen MR) is 108 cm³/mol. The van der Waals surface area contributed by atoms with Gasteiger partial charge in [0.25, 0.3) is 5.91 Å². The number of likely N-dealkylation sites (N-methyl/N-ethyl adjacent to an activating group) is 1. The maximum atomic E-state index is 11.6. The summed E-state index contributed by atoms with van der Waals surface area (Å²) in [6.45, 7) is 3.37. The van der Waals surface area contributed by atoms with E-state index in [2.05, 4.69) is 5.32 Å². The van der Waals surface area contributed by atoms with Crippen LogP contribution >= 0.6 is 11.6 Å². The van der Waals surface area contributed by atoms with E-state index in [9.17, 15) is 9.90 Å². The van der Waals surface area contributed by atoms with Crippen molar-refractivity contribution in [2.45, 2.75) is 25.7 Å². The van der Waals surface area contributed by atoms with Crippen molar-refractivity contribution in [2.75, 3.05) is 27.2 Å². The van der Waals surface area contributed by atoms with Crippen molar-refractivity contribution in [2.24, 2.45) is 0 Å². The van der Waals surface area contributed by atoms with Gasteiger partial charge >= 0.3 is 0 Å². The highest BCUT2D eigenvalue weighted by atomic mass is 35.5. The Morgan fingerprint density at radius 3 is 2.41 bits per heavy atom. The van der Waals surface area contributed by atoms with Gasteiger partial charge in [-0.1, -0.05) is 35.9 Å². The molecule has 0 aliphatic heterocycles. The summed E-state index contributed by atoms with van der Waals surface area (Å²) >= 11 is 5.89. The molecule has 0 aromatic heterocycles. The Kier molecular flexibility index (Phi) is 8.25. The van der Waals surface area contributed by atoms with Crippen molar-refractivity contribution in [3.8, 4) is 0 Å². The third-order valence-corrected chi connectivity index (χ3v) is 4.55. The number of hydrogen-bond acceptors (Lipinski definition) is 4. The number of halogens is 1. The monoisotopic (exact) mass is 390 g/mol. The summed E-state index contributed by atoms with van der Waals surface area (Å²) in [5.74, 6) is -0.0997. The van der Waals surface area contributed by atoms with Crippen LogP contribution in [0.25, 0.3) is 0 Å². The summed E-state index contributed by atoms with van der Waals surface area (Å²) in [4.78, 5) is 13.6. The van der Waals surface area contributed by atoms with Crippen LogP contribution in [-0.4, -0.2) is 49.3 Å². The van der Waals surface area contributed by atoms with Gasteiger partial charge in [-0.25, -0.2) is 0 Å². The fourth-order valence-corrected chi connectivity index (χ4v) is 2.91. The summed E-state index contributed by atoms with van der Waals surface area (Å²) in [6, 6.07) is 15.0. The van der Waals surface area contributed by atoms with E-state index in [1.165, 1.54) is 0 Å². The minimum Gasteiger partial charge on any atom is -0.389 e. The molecule has 0 bridgehead atoms.